The predicted octanol–water partition coefficient (Wildman–Crippen LogP) is 4.67. The quantitative estimate of drug-likeness (QED) is 0.315. The van der Waals surface area contributed by atoms with Gasteiger partial charge in [-0.3, -0.25) is 29.3 Å². The third-order valence-electron chi connectivity index (χ3n) is 7.70. The molecular formula is C30H24ClF2N7O3. The van der Waals surface area contributed by atoms with Crippen molar-refractivity contribution < 1.29 is 23.2 Å². The lowest BCUT2D eigenvalue weighted by atomic mass is 9.87. The Bertz CT molecular complexity index is 1780. The highest BCUT2D eigenvalue weighted by molar-refractivity contribution is 6.31. The van der Waals surface area contributed by atoms with Gasteiger partial charge in [0.05, 0.1) is 23.3 Å². The van der Waals surface area contributed by atoms with Crippen LogP contribution in [0.1, 0.15) is 42.9 Å². The van der Waals surface area contributed by atoms with Crippen molar-refractivity contribution in [3.05, 3.63) is 83.1 Å². The number of hydrogen-bond acceptors (Lipinski definition) is 6. The molecule has 3 amide bonds. The van der Waals surface area contributed by atoms with Gasteiger partial charge in [0.25, 0.3) is 11.8 Å². The number of carbonyl (C=O) groups excluding carboxylic acids is 3. The average molecular weight is 604 g/mol. The molecule has 3 heterocycles. The molecule has 2 aromatic heterocycles. The van der Waals surface area contributed by atoms with Crippen LogP contribution < -0.4 is 15.1 Å². The lowest BCUT2D eigenvalue weighted by Gasteiger charge is -2.39. The number of amides is 3. The summed E-state index contributed by atoms with van der Waals surface area (Å²) in [5.74, 6) is -4.45. The maximum atomic E-state index is 14.7. The maximum Gasteiger partial charge on any atom is 0.252 e. The minimum atomic E-state index is -2.88. The smallest absolute Gasteiger partial charge is 0.252 e. The summed E-state index contributed by atoms with van der Waals surface area (Å²) in [6.45, 7) is 0. The van der Waals surface area contributed by atoms with Crippen LogP contribution in [0.5, 0.6) is 0 Å². The molecule has 10 nitrogen and oxygen atoms in total. The van der Waals surface area contributed by atoms with Crippen LogP contribution >= 0.6 is 11.6 Å². The van der Waals surface area contributed by atoms with Crippen molar-refractivity contribution in [2.45, 2.75) is 49.7 Å². The first-order valence-electron chi connectivity index (χ1n) is 13.5. The molecule has 1 saturated carbocycles. The van der Waals surface area contributed by atoms with E-state index in [0.29, 0.717) is 11.2 Å². The number of fused-ring (bicyclic) bond motifs is 1. The summed E-state index contributed by atoms with van der Waals surface area (Å²) in [4.78, 5) is 48.5. The van der Waals surface area contributed by atoms with Crippen LogP contribution in [0.25, 0.3) is 10.9 Å². The van der Waals surface area contributed by atoms with Crippen LogP contribution in [0.15, 0.2) is 67.0 Å². The van der Waals surface area contributed by atoms with Gasteiger partial charge in [0.1, 0.15) is 17.9 Å². The standard InChI is InChI=1S/C30H24ClF2N7O3/c31-22-4-2-1-3-21(22)27(28(42)37-19-13-30(32,33)14-19)39(20-6-5-18-16-36-38-23(18)12-20)29(43)24-7-8-26(41)40(24)25-11-17(15-34)9-10-35-25/h1-6,9-12,16,19,24,27H,7-8,13-14H2,(H,36,38)(H,37,42)/t24?,27-/m0/s1. The van der Waals surface area contributed by atoms with E-state index < -0.39 is 48.7 Å². The summed E-state index contributed by atoms with van der Waals surface area (Å²) in [6, 6.07) is 13.1. The predicted molar refractivity (Wildman–Crippen MR) is 153 cm³/mol. The van der Waals surface area contributed by atoms with Gasteiger partial charge in [0.15, 0.2) is 0 Å². The Labute approximate surface area is 249 Å². The molecule has 6 rings (SSSR count). The highest BCUT2D eigenvalue weighted by atomic mass is 35.5. The summed E-state index contributed by atoms with van der Waals surface area (Å²) in [5, 5.41) is 19.9. The first kappa shape index (κ1) is 28.2. The molecule has 0 spiro atoms. The Kier molecular flexibility index (Phi) is 7.27. The average Bonchev–Trinajstić information content (AvgIpc) is 3.61. The highest BCUT2D eigenvalue weighted by Gasteiger charge is 2.48. The third-order valence-corrected chi connectivity index (χ3v) is 8.05. The lowest BCUT2D eigenvalue weighted by Crippen LogP contribution is -2.56. The van der Waals surface area contributed by atoms with Crippen molar-refractivity contribution in [3.63, 3.8) is 0 Å². The lowest BCUT2D eigenvalue weighted by molar-refractivity contribution is -0.133. The number of halogens is 3. The topological polar surface area (TPSA) is 135 Å². The zero-order valence-electron chi connectivity index (χ0n) is 22.5. The van der Waals surface area contributed by atoms with Crippen LogP contribution in [0, 0.1) is 11.3 Å². The number of aromatic amines is 1. The molecule has 2 N–H and O–H groups in total. The fraction of sp³-hybridized carbons (Fsp3) is 0.267. The first-order chi connectivity index (χ1) is 20.6. The van der Waals surface area contributed by atoms with E-state index in [1.54, 1.807) is 48.7 Å². The molecule has 1 unspecified atom stereocenters. The van der Waals surface area contributed by atoms with Crippen molar-refractivity contribution >= 4 is 51.7 Å². The van der Waals surface area contributed by atoms with Gasteiger partial charge in [-0.25, -0.2) is 13.8 Å². The van der Waals surface area contributed by atoms with Crippen molar-refractivity contribution in [2.75, 3.05) is 9.80 Å². The Balaban J connectivity index is 1.47. The molecule has 13 heteroatoms. The van der Waals surface area contributed by atoms with Crippen molar-refractivity contribution in [1.29, 1.82) is 5.26 Å². The summed E-state index contributed by atoms with van der Waals surface area (Å²) < 4.78 is 27.4. The molecular weight excluding hydrogens is 580 g/mol. The second kappa shape index (κ2) is 11.1. The van der Waals surface area contributed by atoms with Gasteiger partial charge in [-0.1, -0.05) is 29.8 Å². The molecule has 2 aliphatic rings. The monoisotopic (exact) mass is 603 g/mol. The van der Waals surface area contributed by atoms with Gasteiger partial charge in [-0.2, -0.15) is 10.4 Å². The van der Waals surface area contributed by atoms with E-state index in [4.69, 9.17) is 11.6 Å². The largest absolute Gasteiger partial charge is 0.351 e. The Morgan fingerprint density at radius 2 is 1.98 bits per heavy atom. The van der Waals surface area contributed by atoms with Crippen LogP contribution in [-0.2, 0) is 14.4 Å². The normalized spacial score (nSPS) is 18.6. The molecule has 4 aromatic rings. The number of nitrogens with one attached hydrogen (secondary N) is 2. The van der Waals surface area contributed by atoms with Gasteiger partial charge in [-0.05, 0) is 42.8 Å². The molecule has 1 aliphatic carbocycles. The van der Waals surface area contributed by atoms with Gasteiger partial charge in [0.2, 0.25) is 11.8 Å². The zero-order chi connectivity index (χ0) is 30.3. The number of nitriles is 1. The number of rotatable bonds is 7. The van der Waals surface area contributed by atoms with Crippen molar-refractivity contribution in [1.82, 2.24) is 20.5 Å². The molecule has 0 radical (unpaired) electrons. The van der Waals surface area contributed by atoms with E-state index in [2.05, 4.69) is 20.5 Å². The van der Waals surface area contributed by atoms with Gasteiger partial charge in [-0.15, -0.1) is 0 Å². The maximum absolute atomic E-state index is 14.7. The number of hydrogen-bond donors (Lipinski definition) is 2. The molecule has 1 saturated heterocycles. The van der Waals surface area contributed by atoms with Crippen LogP contribution in [0.4, 0.5) is 20.3 Å². The van der Waals surface area contributed by atoms with Gasteiger partial charge < -0.3 is 5.32 Å². The van der Waals surface area contributed by atoms with Crippen molar-refractivity contribution in [3.8, 4) is 6.07 Å². The number of carbonyl (C=O) groups is 3. The fourth-order valence-corrected chi connectivity index (χ4v) is 5.84. The minimum absolute atomic E-state index is 0.0302. The Morgan fingerprint density at radius 1 is 1.19 bits per heavy atom. The number of alkyl halides is 2. The second-order valence-corrected chi connectivity index (χ2v) is 11.0. The minimum Gasteiger partial charge on any atom is -0.351 e. The van der Waals surface area contributed by atoms with Crippen molar-refractivity contribution in [2.24, 2.45) is 0 Å². The zero-order valence-corrected chi connectivity index (χ0v) is 23.3. The molecule has 2 atom stereocenters. The molecule has 218 valence electrons. The Morgan fingerprint density at radius 3 is 2.72 bits per heavy atom. The summed E-state index contributed by atoms with van der Waals surface area (Å²) in [6.07, 6.45) is 2.08. The molecule has 2 aromatic carbocycles. The van der Waals surface area contributed by atoms with Crippen LogP contribution in [0.2, 0.25) is 5.02 Å². The van der Waals surface area contributed by atoms with Crippen LogP contribution in [-0.4, -0.2) is 50.9 Å². The summed E-state index contributed by atoms with van der Waals surface area (Å²) in [7, 11) is 0. The summed E-state index contributed by atoms with van der Waals surface area (Å²) >= 11 is 6.59. The van der Waals surface area contributed by atoms with Gasteiger partial charge in [0, 0.05) is 53.2 Å². The SMILES string of the molecule is N#Cc1ccnc(N2C(=O)CCC2C(=O)N(c2ccc3cn[nH]c3c2)[C@H](C(=O)NC2CC(F)(F)C2)c2ccccc2Cl)c1. The van der Waals surface area contributed by atoms with Crippen LogP contribution in [0.3, 0.4) is 0 Å². The third kappa shape index (κ3) is 5.39. The number of pyridine rings is 1. The number of nitrogens with zero attached hydrogens (tertiary/aromatic N) is 5. The number of aromatic nitrogens is 3. The highest BCUT2D eigenvalue weighted by Crippen LogP contribution is 2.40. The molecule has 43 heavy (non-hydrogen) atoms. The van der Waals surface area contributed by atoms with Gasteiger partial charge >= 0.3 is 0 Å². The number of benzene rings is 2. The second-order valence-electron chi connectivity index (χ2n) is 10.6. The van der Waals surface area contributed by atoms with E-state index in [0.717, 1.165) is 5.39 Å². The first-order valence-corrected chi connectivity index (χ1v) is 13.9. The number of anilines is 2. The van der Waals surface area contributed by atoms with E-state index in [1.165, 1.54) is 28.1 Å². The van der Waals surface area contributed by atoms with E-state index >= 15 is 0 Å². The fourth-order valence-electron chi connectivity index (χ4n) is 5.60. The Hall–Kier alpha value is -4.89. The molecule has 0 bridgehead atoms. The number of H-pyrrole nitrogens is 1. The van der Waals surface area contributed by atoms with E-state index in [1.807, 2.05) is 6.07 Å². The molecule has 2 fully saturated rings. The van der Waals surface area contributed by atoms with E-state index in [9.17, 15) is 28.4 Å². The summed E-state index contributed by atoms with van der Waals surface area (Å²) in [5.41, 5.74) is 1.39. The van der Waals surface area contributed by atoms with E-state index in [-0.39, 0.29) is 40.7 Å². The molecule has 1 aliphatic heterocycles.